The number of nitrogen functional groups attached to an aromatic ring is 1. The molecule has 1 aromatic heterocycles. The molecule has 5 N–H and O–H groups in total. The Morgan fingerprint density at radius 1 is 1.23 bits per heavy atom. The van der Waals surface area contributed by atoms with Crippen molar-refractivity contribution in [1.82, 2.24) is 9.55 Å². The molecular weight excluding hydrogens is 349 g/mol. The molecule has 26 heavy (non-hydrogen) atoms. The second-order valence-corrected chi connectivity index (χ2v) is 5.93. The third kappa shape index (κ3) is 2.52. The summed E-state index contributed by atoms with van der Waals surface area (Å²) in [6.45, 7) is 3.31. The van der Waals surface area contributed by atoms with Crippen molar-refractivity contribution in [1.29, 1.82) is 0 Å². The Labute approximate surface area is 145 Å². The summed E-state index contributed by atoms with van der Waals surface area (Å²) in [5.74, 6) is -1.02. The van der Waals surface area contributed by atoms with Crippen LogP contribution >= 0.6 is 0 Å². The van der Waals surface area contributed by atoms with Gasteiger partial charge in [0.15, 0.2) is 0 Å². The normalized spacial score (nSPS) is 11.9. The van der Waals surface area contributed by atoms with Gasteiger partial charge in [0.2, 0.25) is 0 Å². The van der Waals surface area contributed by atoms with Gasteiger partial charge in [-0.05, 0) is 42.7 Å². The fourth-order valence-electron chi connectivity index (χ4n) is 3.04. The van der Waals surface area contributed by atoms with E-state index in [-0.39, 0.29) is 38.2 Å². The van der Waals surface area contributed by atoms with E-state index in [0.717, 1.165) is 6.07 Å². The van der Waals surface area contributed by atoms with Crippen molar-refractivity contribution in [2.24, 2.45) is 5.73 Å². The van der Waals surface area contributed by atoms with Gasteiger partial charge in [-0.3, -0.25) is 4.79 Å². The number of nitrogens with two attached hydrogens (primary N) is 2. The van der Waals surface area contributed by atoms with Crippen LogP contribution < -0.4 is 11.5 Å². The molecule has 136 valence electrons. The number of phenolic OH excluding ortho intramolecular Hbond substituents is 1. The van der Waals surface area contributed by atoms with Crippen molar-refractivity contribution in [2.45, 2.75) is 20.1 Å². The van der Waals surface area contributed by atoms with Crippen molar-refractivity contribution in [3.8, 4) is 16.9 Å². The van der Waals surface area contributed by atoms with E-state index >= 15 is 0 Å². The van der Waals surface area contributed by atoms with Gasteiger partial charge in [0.05, 0.1) is 22.3 Å². The lowest BCUT2D eigenvalue weighted by atomic mass is 9.91. The van der Waals surface area contributed by atoms with Crippen LogP contribution in [0.15, 0.2) is 24.5 Å². The number of aromatic nitrogens is 2. The maximum Gasteiger partial charge on any atom is 0.490 e. The summed E-state index contributed by atoms with van der Waals surface area (Å²) in [7, 11) is 0. The molecule has 0 unspecified atom stereocenters. The third-order valence-corrected chi connectivity index (χ3v) is 4.32. The number of aromatic hydroxyl groups is 1. The SMILES string of the molecule is Cc1ccc(O)c(C)c1-c1c(N)c(C(N)=O)cc2c1ncn2C(F)(F)F. The van der Waals surface area contributed by atoms with Crippen molar-refractivity contribution in [2.75, 3.05) is 5.73 Å². The molecule has 0 aliphatic heterocycles. The van der Waals surface area contributed by atoms with E-state index < -0.39 is 12.2 Å². The number of hydrogen-bond acceptors (Lipinski definition) is 4. The van der Waals surface area contributed by atoms with E-state index in [1.54, 1.807) is 19.9 Å². The average Bonchev–Trinajstić information content (AvgIpc) is 2.96. The summed E-state index contributed by atoms with van der Waals surface area (Å²) < 4.78 is 39.8. The first-order valence-corrected chi connectivity index (χ1v) is 7.50. The van der Waals surface area contributed by atoms with Crippen LogP contribution in [-0.4, -0.2) is 20.6 Å². The number of carbonyl (C=O) groups is 1. The van der Waals surface area contributed by atoms with Gasteiger partial charge >= 0.3 is 6.30 Å². The summed E-state index contributed by atoms with van der Waals surface area (Å²) in [4.78, 5) is 15.6. The van der Waals surface area contributed by atoms with Gasteiger partial charge in [-0.2, -0.15) is 0 Å². The van der Waals surface area contributed by atoms with Crippen LogP contribution in [0.2, 0.25) is 0 Å². The summed E-state index contributed by atoms with van der Waals surface area (Å²) >= 11 is 0. The van der Waals surface area contributed by atoms with Crippen LogP contribution in [0, 0.1) is 13.8 Å². The zero-order chi connectivity index (χ0) is 19.4. The Kier molecular flexibility index (Phi) is 3.82. The second-order valence-electron chi connectivity index (χ2n) is 5.93. The second kappa shape index (κ2) is 5.65. The molecule has 6 nitrogen and oxygen atoms in total. The molecule has 3 aromatic rings. The van der Waals surface area contributed by atoms with E-state index in [1.807, 2.05) is 0 Å². The number of amides is 1. The van der Waals surface area contributed by atoms with Crippen molar-refractivity contribution in [3.05, 3.63) is 41.2 Å². The van der Waals surface area contributed by atoms with Crippen molar-refractivity contribution in [3.63, 3.8) is 0 Å². The molecule has 1 amide bonds. The molecule has 1 heterocycles. The number of anilines is 1. The molecule has 3 rings (SSSR count). The number of carbonyl (C=O) groups excluding carboxylic acids is 1. The van der Waals surface area contributed by atoms with Gasteiger partial charge in [0.25, 0.3) is 5.91 Å². The minimum atomic E-state index is -4.74. The fraction of sp³-hybridized carbons (Fsp3) is 0.176. The monoisotopic (exact) mass is 364 g/mol. The number of halogens is 3. The third-order valence-electron chi connectivity index (χ3n) is 4.32. The number of fused-ring (bicyclic) bond motifs is 1. The van der Waals surface area contributed by atoms with E-state index in [2.05, 4.69) is 4.98 Å². The zero-order valence-corrected chi connectivity index (χ0v) is 13.8. The van der Waals surface area contributed by atoms with Gasteiger partial charge in [-0.25, -0.2) is 9.55 Å². The minimum Gasteiger partial charge on any atom is -0.508 e. The number of benzene rings is 2. The van der Waals surface area contributed by atoms with Gasteiger partial charge in [-0.1, -0.05) is 6.07 Å². The molecule has 0 radical (unpaired) electrons. The lowest BCUT2D eigenvalue weighted by Crippen LogP contribution is -2.17. The first-order valence-electron chi connectivity index (χ1n) is 7.50. The average molecular weight is 364 g/mol. The summed E-state index contributed by atoms with van der Waals surface area (Å²) in [6, 6.07) is 4.04. The molecule has 0 fully saturated rings. The number of aryl methyl sites for hydroxylation is 1. The van der Waals surface area contributed by atoms with Gasteiger partial charge in [0.1, 0.15) is 12.1 Å². The topological polar surface area (TPSA) is 107 Å². The molecule has 0 aliphatic rings. The quantitative estimate of drug-likeness (QED) is 0.607. The lowest BCUT2D eigenvalue weighted by molar-refractivity contribution is -0.201. The first-order chi connectivity index (χ1) is 12.0. The molecule has 0 saturated carbocycles. The van der Waals surface area contributed by atoms with Gasteiger partial charge in [0, 0.05) is 5.56 Å². The number of rotatable bonds is 2. The van der Waals surface area contributed by atoms with E-state index in [9.17, 15) is 23.1 Å². The molecule has 0 aliphatic carbocycles. The number of alkyl halides is 3. The summed E-state index contributed by atoms with van der Waals surface area (Å²) in [5, 5.41) is 10.0. The summed E-state index contributed by atoms with van der Waals surface area (Å²) in [6.07, 6.45) is -4.12. The highest BCUT2D eigenvalue weighted by atomic mass is 19.4. The van der Waals surface area contributed by atoms with Crippen molar-refractivity contribution >= 4 is 22.6 Å². The van der Waals surface area contributed by atoms with Crippen LogP contribution in [-0.2, 0) is 6.30 Å². The largest absolute Gasteiger partial charge is 0.508 e. The summed E-state index contributed by atoms with van der Waals surface area (Å²) in [5.41, 5.74) is 12.2. The molecule has 0 saturated heterocycles. The Bertz CT molecular complexity index is 1050. The van der Waals surface area contributed by atoms with Crippen molar-refractivity contribution < 1.29 is 23.1 Å². The van der Waals surface area contributed by atoms with E-state index in [4.69, 9.17) is 11.5 Å². The van der Waals surface area contributed by atoms with Crippen LogP contribution in [0.25, 0.3) is 22.2 Å². The van der Waals surface area contributed by atoms with E-state index in [1.165, 1.54) is 6.07 Å². The Morgan fingerprint density at radius 3 is 2.46 bits per heavy atom. The van der Waals surface area contributed by atoms with Crippen LogP contribution in [0.3, 0.4) is 0 Å². The Balaban J connectivity index is 2.54. The fourth-order valence-corrected chi connectivity index (χ4v) is 3.04. The zero-order valence-electron chi connectivity index (χ0n) is 13.8. The molecule has 0 spiro atoms. The number of hydrogen-bond donors (Lipinski definition) is 3. The number of primary amides is 1. The minimum absolute atomic E-state index is 0.00875. The van der Waals surface area contributed by atoms with Crippen LogP contribution in [0.4, 0.5) is 18.9 Å². The highest BCUT2D eigenvalue weighted by molar-refractivity contribution is 6.10. The van der Waals surface area contributed by atoms with Crippen LogP contribution in [0.5, 0.6) is 5.75 Å². The van der Waals surface area contributed by atoms with E-state index in [0.29, 0.717) is 23.0 Å². The van der Waals surface area contributed by atoms with Crippen LogP contribution in [0.1, 0.15) is 21.5 Å². The number of nitrogens with zero attached hydrogens (tertiary/aromatic N) is 2. The molecule has 2 aromatic carbocycles. The Hall–Kier alpha value is -3.23. The highest BCUT2D eigenvalue weighted by Gasteiger charge is 2.34. The predicted octanol–water partition coefficient (Wildman–Crippen LogP) is 3.18. The number of phenols is 1. The first kappa shape index (κ1) is 17.6. The molecular formula is C17H15F3N4O2. The maximum atomic E-state index is 13.3. The van der Waals surface area contributed by atoms with Gasteiger partial charge in [-0.15, -0.1) is 13.2 Å². The maximum absolute atomic E-state index is 13.3. The predicted molar refractivity (Wildman–Crippen MR) is 90.5 cm³/mol. The Morgan fingerprint density at radius 2 is 1.88 bits per heavy atom. The number of imidazole rings is 1. The molecule has 9 heteroatoms. The lowest BCUT2D eigenvalue weighted by Gasteiger charge is -2.17. The highest BCUT2D eigenvalue weighted by Crippen LogP contribution is 2.42. The molecule has 0 atom stereocenters. The standard InChI is InChI=1S/C17H15F3N4O2/c1-7-3-4-11(25)8(2)12(7)13-14(21)9(16(22)26)5-10-15(13)23-6-24(10)17(18,19)20/h3-6,25H,21H2,1-2H3,(H2,22,26). The molecule has 0 bridgehead atoms. The smallest absolute Gasteiger partial charge is 0.490 e. The van der Waals surface area contributed by atoms with Gasteiger partial charge < -0.3 is 16.6 Å².